The lowest BCUT2D eigenvalue weighted by atomic mass is 10.1. The van der Waals surface area contributed by atoms with E-state index in [0.29, 0.717) is 11.4 Å². The third-order valence-electron chi connectivity index (χ3n) is 5.46. The second-order valence-electron chi connectivity index (χ2n) is 7.46. The van der Waals surface area contributed by atoms with Crippen molar-refractivity contribution < 1.29 is 4.39 Å². The van der Waals surface area contributed by atoms with Crippen molar-refractivity contribution >= 4 is 17.3 Å². The Kier molecular flexibility index (Phi) is 4.78. The van der Waals surface area contributed by atoms with E-state index in [2.05, 4.69) is 32.4 Å². The highest BCUT2D eigenvalue weighted by Gasteiger charge is 2.20. The van der Waals surface area contributed by atoms with Gasteiger partial charge in [0.05, 0.1) is 29.8 Å². The van der Waals surface area contributed by atoms with E-state index >= 15 is 0 Å². The first-order valence-electron chi connectivity index (χ1n) is 9.75. The highest BCUT2D eigenvalue weighted by atomic mass is 35.5. The van der Waals surface area contributed by atoms with Crippen LogP contribution in [0.1, 0.15) is 22.5 Å². The molecule has 0 radical (unpaired) electrons. The smallest absolute Gasteiger partial charge is 0.269 e. The fourth-order valence-corrected chi connectivity index (χ4v) is 3.94. The number of hydrogen-bond acceptors (Lipinski definition) is 5. The van der Waals surface area contributed by atoms with Crippen molar-refractivity contribution in [2.75, 3.05) is 4.90 Å². The SMILES string of the molecule is Cc1nnn(-c2ccc(Cl)cc2F)c1Cn1ncc(N2Cc3ccccc3C2)cc1=O. The van der Waals surface area contributed by atoms with Crippen molar-refractivity contribution in [3.63, 3.8) is 0 Å². The molecule has 7 nitrogen and oxygen atoms in total. The molecule has 156 valence electrons. The van der Waals surface area contributed by atoms with Gasteiger partial charge >= 0.3 is 0 Å². The molecule has 0 unspecified atom stereocenters. The highest BCUT2D eigenvalue weighted by Crippen LogP contribution is 2.26. The molecule has 0 atom stereocenters. The monoisotopic (exact) mass is 436 g/mol. The molecule has 0 amide bonds. The summed E-state index contributed by atoms with van der Waals surface area (Å²) >= 11 is 5.85. The van der Waals surface area contributed by atoms with Crippen molar-refractivity contribution in [1.82, 2.24) is 24.8 Å². The quantitative estimate of drug-likeness (QED) is 0.490. The molecule has 1 aliphatic heterocycles. The molecule has 0 N–H and O–H groups in total. The van der Waals surface area contributed by atoms with E-state index in [1.165, 1.54) is 32.6 Å². The summed E-state index contributed by atoms with van der Waals surface area (Å²) in [6, 6.07) is 14.1. The van der Waals surface area contributed by atoms with Gasteiger partial charge in [-0.2, -0.15) is 5.10 Å². The van der Waals surface area contributed by atoms with Crippen LogP contribution in [0.15, 0.2) is 59.5 Å². The van der Waals surface area contributed by atoms with Crippen LogP contribution in [0.2, 0.25) is 5.02 Å². The summed E-state index contributed by atoms with van der Waals surface area (Å²) < 4.78 is 17.1. The van der Waals surface area contributed by atoms with Crippen LogP contribution in [-0.2, 0) is 19.6 Å². The van der Waals surface area contributed by atoms with Gasteiger partial charge < -0.3 is 4.90 Å². The molecule has 0 aliphatic carbocycles. The Hall–Kier alpha value is -3.52. The van der Waals surface area contributed by atoms with E-state index in [0.717, 1.165) is 18.8 Å². The maximum absolute atomic E-state index is 14.4. The van der Waals surface area contributed by atoms with Crippen LogP contribution < -0.4 is 10.5 Å². The van der Waals surface area contributed by atoms with Crippen molar-refractivity contribution in [1.29, 1.82) is 0 Å². The van der Waals surface area contributed by atoms with Gasteiger partial charge in [0.2, 0.25) is 0 Å². The first-order valence-corrected chi connectivity index (χ1v) is 10.1. The van der Waals surface area contributed by atoms with Gasteiger partial charge in [-0.15, -0.1) is 5.10 Å². The minimum absolute atomic E-state index is 0.111. The molecule has 3 heterocycles. The zero-order chi connectivity index (χ0) is 21.5. The van der Waals surface area contributed by atoms with E-state index in [1.807, 2.05) is 12.1 Å². The fraction of sp³-hybridized carbons (Fsp3) is 0.182. The van der Waals surface area contributed by atoms with Crippen LogP contribution in [0.25, 0.3) is 5.69 Å². The summed E-state index contributed by atoms with van der Waals surface area (Å²) in [5.41, 5.74) is 4.38. The normalized spacial score (nSPS) is 12.9. The fourth-order valence-electron chi connectivity index (χ4n) is 3.78. The Bertz CT molecular complexity index is 1320. The van der Waals surface area contributed by atoms with Gasteiger partial charge in [-0.25, -0.2) is 13.8 Å². The van der Waals surface area contributed by atoms with E-state index in [9.17, 15) is 9.18 Å². The van der Waals surface area contributed by atoms with Gasteiger partial charge in [0.1, 0.15) is 11.5 Å². The second-order valence-corrected chi connectivity index (χ2v) is 7.90. The number of aromatic nitrogens is 5. The highest BCUT2D eigenvalue weighted by molar-refractivity contribution is 6.30. The van der Waals surface area contributed by atoms with Crippen LogP contribution in [-0.4, -0.2) is 24.8 Å². The number of benzene rings is 2. The zero-order valence-corrected chi connectivity index (χ0v) is 17.4. The molecule has 0 saturated heterocycles. The van der Waals surface area contributed by atoms with E-state index < -0.39 is 5.82 Å². The summed E-state index contributed by atoms with van der Waals surface area (Å²) in [5, 5.41) is 12.7. The van der Waals surface area contributed by atoms with E-state index in [1.54, 1.807) is 25.3 Å². The Morgan fingerprint density at radius 2 is 1.84 bits per heavy atom. The summed E-state index contributed by atoms with van der Waals surface area (Å²) in [5.74, 6) is -0.525. The van der Waals surface area contributed by atoms with Gasteiger partial charge in [-0.3, -0.25) is 4.79 Å². The van der Waals surface area contributed by atoms with E-state index in [4.69, 9.17) is 11.6 Å². The topological polar surface area (TPSA) is 68.8 Å². The molecular formula is C22H18ClFN6O. The van der Waals surface area contributed by atoms with Crippen molar-refractivity contribution in [2.45, 2.75) is 26.6 Å². The third kappa shape index (κ3) is 3.59. The van der Waals surface area contributed by atoms with Gasteiger partial charge in [0.15, 0.2) is 0 Å². The molecule has 31 heavy (non-hydrogen) atoms. The summed E-state index contributed by atoms with van der Waals surface area (Å²) in [7, 11) is 0. The maximum atomic E-state index is 14.4. The van der Waals surface area contributed by atoms with Crippen molar-refractivity contribution in [3.8, 4) is 5.69 Å². The number of nitrogens with zero attached hydrogens (tertiary/aromatic N) is 6. The van der Waals surface area contributed by atoms with Crippen LogP contribution in [0.4, 0.5) is 10.1 Å². The predicted molar refractivity (Wildman–Crippen MR) is 115 cm³/mol. The zero-order valence-electron chi connectivity index (χ0n) is 16.7. The minimum Gasteiger partial charge on any atom is -0.361 e. The maximum Gasteiger partial charge on any atom is 0.269 e. The first kappa shape index (κ1) is 19.4. The molecule has 2 aromatic heterocycles. The van der Waals surface area contributed by atoms with Crippen LogP contribution in [0.5, 0.6) is 0 Å². The summed E-state index contributed by atoms with van der Waals surface area (Å²) in [6.07, 6.45) is 1.68. The lowest BCUT2D eigenvalue weighted by molar-refractivity contribution is 0.580. The predicted octanol–water partition coefficient (Wildman–Crippen LogP) is 3.49. The Labute approximate surface area is 182 Å². The second kappa shape index (κ2) is 7.63. The van der Waals surface area contributed by atoms with Crippen LogP contribution in [0, 0.1) is 12.7 Å². The van der Waals surface area contributed by atoms with Gasteiger partial charge in [0.25, 0.3) is 5.56 Å². The molecule has 1 aliphatic rings. The molecular weight excluding hydrogens is 419 g/mol. The standard InChI is InChI=1S/C22H18ClFN6O/c1-14-21(30(27-26-14)20-7-6-17(23)8-19(20)24)13-29-22(31)9-18(10-25-29)28-11-15-4-2-3-5-16(15)12-28/h2-10H,11-13H2,1H3. The molecule has 2 aromatic carbocycles. The van der Waals surface area contributed by atoms with Crippen LogP contribution >= 0.6 is 11.6 Å². The number of hydrogen-bond donors (Lipinski definition) is 0. The number of anilines is 1. The van der Waals surface area contributed by atoms with Gasteiger partial charge in [-0.1, -0.05) is 41.1 Å². The van der Waals surface area contributed by atoms with Crippen LogP contribution in [0.3, 0.4) is 0 Å². The van der Waals surface area contributed by atoms with Crippen molar-refractivity contribution in [2.24, 2.45) is 0 Å². The minimum atomic E-state index is -0.525. The Balaban J connectivity index is 1.43. The molecule has 0 fully saturated rings. The Morgan fingerprint density at radius 3 is 2.52 bits per heavy atom. The lowest BCUT2D eigenvalue weighted by Crippen LogP contribution is -2.26. The first-order chi connectivity index (χ1) is 15.0. The largest absolute Gasteiger partial charge is 0.361 e. The van der Waals surface area contributed by atoms with E-state index in [-0.39, 0.29) is 22.8 Å². The molecule has 0 bridgehead atoms. The third-order valence-corrected chi connectivity index (χ3v) is 5.69. The summed E-state index contributed by atoms with van der Waals surface area (Å²) in [6.45, 7) is 3.35. The molecule has 0 spiro atoms. The van der Waals surface area contributed by atoms with Gasteiger partial charge in [0, 0.05) is 24.2 Å². The molecule has 0 saturated carbocycles. The Morgan fingerprint density at radius 1 is 1.10 bits per heavy atom. The lowest BCUT2D eigenvalue weighted by Gasteiger charge is -2.17. The number of rotatable bonds is 4. The number of fused-ring (bicyclic) bond motifs is 1. The number of halogens is 2. The average Bonchev–Trinajstić information content (AvgIpc) is 3.34. The summed E-state index contributed by atoms with van der Waals surface area (Å²) in [4.78, 5) is 14.9. The molecule has 5 rings (SSSR count). The van der Waals surface area contributed by atoms with Crippen molar-refractivity contribution in [3.05, 3.63) is 98.4 Å². The number of aryl methyl sites for hydroxylation is 1. The molecule has 4 aromatic rings. The van der Waals surface area contributed by atoms with Gasteiger partial charge in [-0.05, 0) is 36.2 Å². The average molecular weight is 437 g/mol. The molecule has 9 heteroatoms.